The second kappa shape index (κ2) is 16.3. The third-order valence-corrected chi connectivity index (χ3v) is 11.3. The Labute approximate surface area is 379 Å². The first kappa shape index (κ1) is 46.4. The molecule has 28 heteroatoms. The Balaban J connectivity index is 1.41. The van der Waals surface area contributed by atoms with Gasteiger partial charge in [0.05, 0.1) is 34.6 Å². The van der Waals surface area contributed by atoms with Gasteiger partial charge in [-0.15, -0.1) is 0 Å². The lowest BCUT2D eigenvalue weighted by Gasteiger charge is -2.44. The number of aromatic hydroxyl groups is 11. The fourth-order valence-electron chi connectivity index (χ4n) is 8.08. The number of ether oxygens (including phenoxy) is 7. The standard InChI is InChI=1S/C41H30O28/c42-12-1-8(2-13(43)23(12)49)34(56)69-39-33-32-30(68-40(61)41(62,6-18(47)48)22-21-11(37(59)67-33)5-16(46)26(52)31(21)65-38(60)29(22)55)17(64-39)7-63-35(57)9-3-14(44)24(50)27(53)19(9)20-10(36(58)66-32)4-15(45)25(51)28(20)54/h1-5,17,22,29-30,32-33,39,42-46,49-55,62H,6-7H2,(H,47,48). The number of carboxylic acid groups (broad SMARTS) is 1. The van der Waals surface area contributed by atoms with Gasteiger partial charge in [-0.1, -0.05) is 0 Å². The molecule has 8 unspecified atom stereocenters. The number of carbonyl (C=O) groups excluding carboxylic acids is 6. The summed E-state index contributed by atoms with van der Waals surface area (Å²) in [5.41, 5.74) is -11.5. The molecule has 4 aromatic rings. The molecule has 4 aliphatic rings. The lowest BCUT2D eigenvalue weighted by atomic mass is 9.73. The van der Waals surface area contributed by atoms with Crippen LogP contribution in [-0.2, 0) is 42.8 Å². The van der Waals surface area contributed by atoms with E-state index >= 15 is 0 Å². The van der Waals surface area contributed by atoms with Crippen LogP contribution in [0.3, 0.4) is 0 Å². The third kappa shape index (κ3) is 7.35. The first-order valence-electron chi connectivity index (χ1n) is 19.3. The van der Waals surface area contributed by atoms with Crippen molar-refractivity contribution in [1.82, 2.24) is 0 Å². The third-order valence-electron chi connectivity index (χ3n) is 11.3. The molecule has 362 valence electrons. The van der Waals surface area contributed by atoms with Crippen LogP contribution in [0.5, 0.6) is 69.0 Å². The van der Waals surface area contributed by atoms with E-state index in [1.165, 1.54) is 0 Å². The molecule has 0 aromatic heterocycles. The van der Waals surface area contributed by atoms with Crippen molar-refractivity contribution >= 4 is 41.8 Å². The van der Waals surface area contributed by atoms with Gasteiger partial charge in [0.25, 0.3) is 0 Å². The number of esters is 6. The summed E-state index contributed by atoms with van der Waals surface area (Å²) in [6.45, 7) is -1.40. The monoisotopic (exact) mass is 970 g/mol. The number of phenols is 11. The first-order valence-corrected chi connectivity index (χ1v) is 19.3. The zero-order chi connectivity index (χ0) is 50.5. The molecule has 14 N–H and O–H groups in total. The number of phenolic OH excluding ortho intramolecular Hbond substituents is 11. The molecule has 1 saturated heterocycles. The minimum atomic E-state index is -3.83. The lowest BCUT2D eigenvalue weighted by Crippen LogP contribution is -2.64. The highest BCUT2D eigenvalue weighted by Crippen LogP contribution is 2.55. The van der Waals surface area contributed by atoms with Crippen LogP contribution in [0.25, 0.3) is 11.1 Å². The molecule has 69 heavy (non-hydrogen) atoms. The molecular weight excluding hydrogens is 940 g/mol. The van der Waals surface area contributed by atoms with Crippen LogP contribution in [0.15, 0.2) is 30.3 Å². The fraction of sp³-hybridized carbons (Fsp3) is 0.244. The summed E-state index contributed by atoms with van der Waals surface area (Å²) in [6, 6.07) is 2.13. The van der Waals surface area contributed by atoms with Crippen LogP contribution in [-0.4, -0.2) is 162 Å². The molecule has 0 radical (unpaired) electrons. The number of aliphatic carboxylic acids is 1. The summed E-state index contributed by atoms with van der Waals surface area (Å²) < 4.78 is 38.4. The van der Waals surface area contributed by atoms with Crippen molar-refractivity contribution in [2.75, 3.05) is 6.61 Å². The second-order valence-electron chi connectivity index (χ2n) is 15.4. The highest BCUT2D eigenvalue weighted by molar-refractivity contribution is 6.08. The predicted molar refractivity (Wildman–Crippen MR) is 207 cm³/mol. The van der Waals surface area contributed by atoms with Crippen LogP contribution >= 0.6 is 0 Å². The van der Waals surface area contributed by atoms with Crippen molar-refractivity contribution in [3.63, 3.8) is 0 Å². The molecule has 0 saturated carbocycles. The number of benzene rings is 4. The van der Waals surface area contributed by atoms with Gasteiger partial charge in [-0.2, -0.15) is 0 Å². The van der Waals surface area contributed by atoms with E-state index < -0.39 is 211 Å². The van der Waals surface area contributed by atoms with E-state index in [-0.39, 0.29) is 0 Å². The molecule has 8 atom stereocenters. The summed E-state index contributed by atoms with van der Waals surface area (Å²) in [5.74, 6) is -32.0. The van der Waals surface area contributed by atoms with Gasteiger partial charge >= 0.3 is 41.8 Å². The maximum absolute atomic E-state index is 14.6. The predicted octanol–water partition coefficient (Wildman–Crippen LogP) is -0.887. The van der Waals surface area contributed by atoms with Crippen molar-refractivity contribution in [3.05, 3.63) is 58.1 Å². The average molecular weight is 971 g/mol. The van der Waals surface area contributed by atoms with Crippen molar-refractivity contribution in [2.24, 2.45) is 0 Å². The number of aliphatic hydroxyl groups excluding tert-OH is 1. The highest BCUT2D eigenvalue weighted by Gasteiger charge is 2.62. The highest BCUT2D eigenvalue weighted by atomic mass is 16.7. The molecule has 0 amide bonds. The van der Waals surface area contributed by atoms with E-state index in [2.05, 4.69) is 0 Å². The van der Waals surface area contributed by atoms with Crippen LogP contribution < -0.4 is 4.74 Å². The minimum Gasteiger partial charge on any atom is -0.504 e. The SMILES string of the molecule is O=C(O)CC1(O)C(=O)OC2C3COC(=O)c4cc(O)c(O)c(O)c4-c4c(cc(O)c(O)c4O)C(=O)OC2C(OC(=O)c2cc(O)c(O)c4c2C1C(O)C(=O)O4)C(OC(=O)c1cc(O)c(O)c(O)c1)O3. The normalized spacial score (nSPS) is 25.2. The fourth-order valence-corrected chi connectivity index (χ4v) is 8.08. The Morgan fingerprint density at radius 3 is 1.71 bits per heavy atom. The van der Waals surface area contributed by atoms with Crippen molar-refractivity contribution in [3.8, 4) is 80.1 Å². The molecule has 8 rings (SSSR count). The van der Waals surface area contributed by atoms with E-state index in [1.807, 2.05) is 0 Å². The van der Waals surface area contributed by atoms with Crippen molar-refractivity contribution in [1.29, 1.82) is 0 Å². The van der Waals surface area contributed by atoms with Gasteiger partial charge in [0.15, 0.2) is 75.7 Å². The Bertz CT molecular complexity index is 2950. The summed E-state index contributed by atoms with van der Waals surface area (Å²) in [7, 11) is 0. The molecule has 28 nitrogen and oxygen atoms in total. The molecule has 4 bridgehead atoms. The minimum absolute atomic E-state index is 0.322. The Morgan fingerprint density at radius 1 is 0.623 bits per heavy atom. The van der Waals surface area contributed by atoms with Gasteiger partial charge in [-0.25, -0.2) is 28.8 Å². The topological polar surface area (TPSA) is 467 Å². The first-order chi connectivity index (χ1) is 32.4. The summed E-state index contributed by atoms with van der Waals surface area (Å²) in [5, 5.41) is 149. The number of hydrogen-bond acceptors (Lipinski definition) is 27. The number of hydrogen-bond donors (Lipinski definition) is 14. The van der Waals surface area contributed by atoms with E-state index in [0.29, 0.717) is 30.3 Å². The number of rotatable bonds is 4. The second-order valence-corrected chi connectivity index (χ2v) is 15.4. The Morgan fingerprint density at radius 2 is 1.13 bits per heavy atom. The quantitative estimate of drug-likeness (QED) is 0.0511. The van der Waals surface area contributed by atoms with E-state index in [0.717, 1.165) is 0 Å². The van der Waals surface area contributed by atoms with Crippen molar-refractivity contribution < 1.29 is 138 Å². The largest absolute Gasteiger partial charge is 0.504 e. The van der Waals surface area contributed by atoms with Gasteiger partial charge < -0.3 is 105 Å². The number of carbonyl (C=O) groups is 7. The molecular formula is C41H30O28. The van der Waals surface area contributed by atoms with Crippen LogP contribution in [0, 0.1) is 0 Å². The number of cyclic esters (lactones) is 1. The van der Waals surface area contributed by atoms with Gasteiger partial charge in [-0.3, -0.25) is 4.79 Å². The summed E-state index contributed by atoms with van der Waals surface area (Å²) in [6.07, 6.45) is -17.7. The number of carboxylic acids is 1. The number of aliphatic hydroxyl groups is 2. The molecule has 4 heterocycles. The van der Waals surface area contributed by atoms with Crippen molar-refractivity contribution in [2.45, 2.75) is 54.7 Å². The zero-order valence-corrected chi connectivity index (χ0v) is 33.8. The van der Waals surface area contributed by atoms with Gasteiger partial charge in [0.2, 0.25) is 29.6 Å². The van der Waals surface area contributed by atoms with Gasteiger partial charge in [-0.05, 0) is 30.3 Å². The van der Waals surface area contributed by atoms with Gasteiger partial charge in [0.1, 0.15) is 12.7 Å². The van der Waals surface area contributed by atoms with Crippen LogP contribution in [0.4, 0.5) is 0 Å². The maximum atomic E-state index is 14.6. The summed E-state index contributed by atoms with van der Waals surface area (Å²) in [4.78, 5) is 97.0. The Kier molecular flexibility index (Phi) is 11.0. The average Bonchev–Trinajstić information content (AvgIpc) is 3.28. The molecule has 1 fully saturated rings. The van der Waals surface area contributed by atoms with Gasteiger partial charge in [0, 0.05) is 16.7 Å². The Hall–Kier alpha value is -9.15. The summed E-state index contributed by atoms with van der Waals surface area (Å²) >= 11 is 0. The molecule has 0 spiro atoms. The smallest absolute Gasteiger partial charge is 0.341 e. The van der Waals surface area contributed by atoms with Crippen LogP contribution in [0.2, 0.25) is 0 Å². The van der Waals surface area contributed by atoms with E-state index in [1.54, 1.807) is 0 Å². The maximum Gasteiger partial charge on any atom is 0.341 e. The zero-order valence-electron chi connectivity index (χ0n) is 33.8. The van der Waals surface area contributed by atoms with E-state index in [4.69, 9.17) is 33.2 Å². The molecule has 4 aliphatic heterocycles. The molecule has 4 aromatic carbocycles. The van der Waals surface area contributed by atoms with E-state index in [9.17, 15) is 105 Å². The van der Waals surface area contributed by atoms with Crippen LogP contribution in [0.1, 0.15) is 59.3 Å². The lowest BCUT2D eigenvalue weighted by molar-refractivity contribution is -0.289. The number of fused-ring (bicyclic) bond motifs is 3. The molecule has 0 aliphatic carbocycles.